The Kier molecular flexibility index (Phi) is 4.06. The van der Waals surface area contributed by atoms with E-state index in [2.05, 4.69) is 31.1 Å². The maximum absolute atomic E-state index is 12.8. The number of nitrogens with one attached hydrogen (secondary N) is 1. The third-order valence-electron chi connectivity index (χ3n) is 5.65. The maximum atomic E-state index is 12.8. The third-order valence-corrected chi connectivity index (χ3v) is 5.65. The molecule has 5 nitrogen and oxygen atoms in total. The molecule has 0 aliphatic heterocycles. The largest absolute Gasteiger partial charge is 0.422 e. The minimum atomic E-state index is -0.458. The van der Waals surface area contributed by atoms with Crippen LogP contribution >= 0.6 is 0 Å². The number of aromatic nitrogens is 1. The van der Waals surface area contributed by atoms with Gasteiger partial charge in [0.15, 0.2) is 0 Å². The van der Waals surface area contributed by atoms with Crippen molar-refractivity contribution in [2.75, 3.05) is 5.32 Å². The van der Waals surface area contributed by atoms with Gasteiger partial charge < -0.3 is 9.73 Å². The van der Waals surface area contributed by atoms with Crippen LogP contribution in [0, 0.1) is 11.3 Å². The number of nitrogens with zero attached hydrogens (tertiary/aromatic N) is 1. The van der Waals surface area contributed by atoms with Gasteiger partial charge in [-0.1, -0.05) is 39.0 Å². The van der Waals surface area contributed by atoms with Gasteiger partial charge in [-0.15, -0.1) is 0 Å². The normalized spacial score (nSPS) is 17.1. The number of pyridine rings is 1. The Labute approximate surface area is 157 Å². The number of aryl methyl sites for hydroxylation is 1. The van der Waals surface area contributed by atoms with E-state index in [9.17, 15) is 9.59 Å². The number of hydrogen-bond acceptors (Lipinski definition) is 4. The summed E-state index contributed by atoms with van der Waals surface area (Å²) in [7, 11) is 0. The molecule has 1 aromatic carbocycles. The summed E-state index contributed by atoms with van der Waals surface area (Å²) in [5.74, 6) is 0.567. The molecule has 27 heavy (non-hydrogen) atoms. The predicted molar refractivity (Wildman–Crippen MR) is 107 cm³/mol. The molecule has 1 aliphatic rings. The molecule has 0 radical (unpaired) electrons. The van der Waals surface area contributed by atoms with Gasteiger partial charge in [0.1, 0.15) is 16.8 Å². The molecule has 0 spiro atoms. The molecule has 0 saturated heterocycles. The van der Waals surface area contributed by atoms with E-state index in [-0.39, 0.29) is 11.3 Å². The van der Waals surface area contributed by atoms with Gasteiger partial charge in [-0.3, -0.25) is 4.79 Å². The lowest BCUT2D eigenvalue weighted by molar-refractivity contribution is -0.114. The van der Waals surface area contributed by atoms with Gasteiger partial charge in [0.25, 0.3) is 0 Å². The van der Waals surface area contributed by atoms with Crippen molar-refractivity contribution in [2.45, 2.75) is 47.0 Å². The second-order valence-corrected chi connectivity index (χ2v) is 8.51. The van der Waals surface area contributed by atoms with Gasteiger partial charge in [-0.2, -0.15) is 0 Å². The molecule has 2 aromatic heterocycles. The number of amides is 1. The maximum Gasteiger partial charge on any atom is 0.347 e. The monoisotopic (exact) mass is 364 g/mol. The molecule has 140 valence electrons. The van der Waals surface area contributed by atoms with Crippen LogP contribution in [0.2, 0.25) is 0 Å². The minimum absolute atomic E-state index is 0.176. The fraction of sp³-hybridized carbons (Fsp3) is 0.409. The summed E-state index contributed by atoms with van der Waals surface area (Å²) < 4.78 is 5.54. The summed E-state index contributed by atoms with van der Waals surface area (Å²) in [6.45, 7) is 8.20. The van der Waals surface area contributed by atoms with E-state index in [4.69, 9.17) is 4.42 Å². The molecule has 0 unspecified atom stereocenters. The van der Waals surface area contributed by atoms with E-state index in [1.54, 1.807) is 0 Å². The van der Waals surface area contributed by atoms with Crippen molar-refractivity contribution in [1.29, 1.82) is 0 Å². The quantitative estimate of drug-likeness (QED) is 0.511. The van der Waals surface area contributed by atoms with Crippen molar-refractivity contribution in [1.82, 2.24) is 4.98 Å². The van der Waals surface area contributed by atoms with Crippen molar-refractivity contribution in [3.63, 3.8) is 0 Å². The fourth-order valence-corrected chi connectivity index (χ4v) is 4.16. The molecular formula is C22H24N2O3. The summed E-state index contributed by atoms with van der Waals surface area (Å²) in [5.41, 5.74) is 2.38. The number of anilines is 1. The number of carbonyl (C=O) groups excluding carboxylic acids is 1. The molecule has 4 rings (SSSR count). The Morgan fingerprint density at radius 2 is 1.96 bits per heavy atom. The molecule has 2 heterocycles. The second-order valence-electron chi connectivity index (χ2n) is 8.51. The van der Waals surface area contributed by atoms with Crippen LogP contribution < -0.4 is 10.9 Å². The van der Waals surface area contributed by atoms with E-state index in [1.807, 2.05) is 24.3 Å². The van der Waals surface area contributed by atoms with Crippen molar-refractivity contribution < 1.29 is 9.21 Å². The zero-order valence-electron chi connectivity index (χ0n) is 16.2. The highest BCUT2D eigenvalue weighted by molar-refractivity contribution is 6.11. The van der Waals surface area contributed by atoms with E-state index in [1.165, 1.54) is 6.92 Å². The first-order valence-electron chi connectivity index (χ1n) is 9.40. The smallest absolute Gasteiger partial charge is 0.347 e. The van der Waals surface area contributed by atoms with Crippen LogP contribution in [0.4, 0.5) is 5.82 Å². The van der Waals surface area contributed by atoms with Crippen molar-refractivity contribution in [3.8, 4) is 0 Å². The Morgan fingerprint density at radius 3 is 2.67 bits per heavy atom. The zero-order chi connectivity index (χ0) is 19.3. The lowest BCUT2D eigenvalue weighted by Crippen LogP contribution is -2.28. The van der Waals surface area contributed by atoms with E-state index in [0.717, 1.165) is 41.3 Å². The predicted octanol–water partition coefficient (Wildman–Crippen LogP) is 4.45. The molecule has 0 saturated carbocycles. The highest BCUT2D eigenvalue weighted by Gasteiger charge is 2.32. The van der Waals surface area contributed by atoms with Gasteiger partial charge in [-0.25, -0.2) is 9.78 Å². The minimum Gasteiger partial charge on any atom is -0.422 e. The molecule has 5 heteroatoms. The second kappa shape index (κ2) is 6.19. The first-order valence-corrected chi connectivity index (χ1v) is 9.40. The topological polar surface area (TPSA) is 72.2 Å². The first-order chi connectivity index (χ1) is 12.8. The van der Waals surface area contributed by atoms with Gasteiger partial charge in [0, 0.05) is 23.4 Å². The highest BCUT2D eigenvalue weighted by atomic mass is 16.4. The Morgan fingerprint density at radius 1 is 1.22 bits per heavy atom. The molecule has 0 bridgehead atoms. The van der Waals surface area contributed by atoms with Crippen molar-refractivity contribution in [2.24, 2.45) is 11.3 Å². The number of rotatable bonds is 1. The summed E-state index contributed by atoms with van der Waals surface area (Å²) in [5, 5.41) is 4.88. The van der Waals surface area contributed by atoms with Crippen LogP contribution in [0.3, 0.4) is 0 Å². The van der Waals surface area contributed by atoms with Crippen LogP contribution in [0.5, 0.6) is 0 Å². The Balaban J connectivity index is 2.10. The Hall–Kier alpha value is -2.69. The fourth-order valence-electron chi connectivity index (χ4n) is 4.16. The van der Waals surface area contributed by atoms with Gasteiger partial charge >= 0.3 is 5.63 Å². The molecule has 1 N–H and O–H groups in total. The molecule has 1 amide bonds. The number of fused-ring (bicyclic) bond motifs is 5. The van der Waals surface area contributed by atoms with Gasteiger partial charge in [0.05, 0.1) is 0 Å². The molecule has 1 aliphatic carbocycles. The van der Waals surface area contributed by atoms with Gasteiger partial charge in [0.2, 0.25) is 5.91 Å². The van der Waals surface area contributed by atoms with Crippen LogP contribution in [-0.2, 0) is 17.6 Å². The SMILES string of the molecule is CC(=O)Nc1nc2c(c3c1c(=O)oc1ccccc13)C[C@@H](C(C)(C)C)CC2. The van der Waals surface area contributed by atoms with Crippen molar-refractivity contribution >= 4 is 33.5 Å². The summed E-state index contributed by atoms with van der Waals surface area (Å²) in [4.78, 5) is 29.2. The average Bonchev–Trinajstić information content (AvgIpc) is 2.59. The van der Waals surface area contributed by atoms with Crippen LogP contribution in [-0.4, -0.2) is 10.9 Å². The van der Waals surface area contributed by atoms with Crippen LogP contribution in [0.25, 0.3) is 21.7 Å². The number of benzene rings is 1. The standard InChI is InChI=1S/C22H24N2O3/c1-12(25)23-20-19-18(14-7-5-6-8-17(14)27-21(19)26)15-11-13(22(2,3)4)9-10-16(15)24-20/h5-8,13H,9-11H2,1-4H3,(H,23,24,25)/t13-/m0/s1. The molecule has 0 fully saturated rings. The Bertz CT molecular complexity index is 1120. The number of para-hydroxylation sites is 1. The highest BCUT2D eigenvalue weighted by Crippen LogP contribution is 2.41. The van der Waals surface area contributed by atoms with Crippen LogP contribution in [0.15, 0.2) is 33.5 Å². The lowest BCUT2D eigenvalue weighted by atomic mass is 9.71. The van der Waals surface area contributed by atoms with Gasteiger partial charge in [-0.05, 0) is 42.2 Å². The average molecular weight is 364 g/mol. The van der Waals surface area contributed by atoms with E-state index < -0.39 is 5.63 Å². The first kappa shape index (κ1) is 17.7. The van der Waals surface area contributed by atoms with Crippen LogP contribution in [0.1, 0.15) is 45.4 Å². The molecular weight excluding hydrogens is 340 g/mol. The zero-order valence-corrected chi connectivity index (χ0v) is 16.2. The molecule has 3 aromatic rings. The van der Waals surface area contributed by atoms with E-state index >= 15 is 0 Å². The number of carbonyl (C=O) groups is 1. The summed E-state index contributed by atoms with van der Waals surface area (Å²) in [6, 6.07) is 7.58. The van der Waals surface area contributed by atoms with E-state index in [0.29, 0.717) is 22.7 Å². The number of hydrogen-bond donors (Lipinski definition) is 1. The molecule has 1 atom stereocenters. The lowest BCUT2D eigenvalue weighted by Gasteiger charge is -2.35. The summed E-state index contributed by atoms with van der Waals surface area (Å²) in [6.07, 6.45) is 2.76. The summed E-state index contributed by atoms with van der Waals surface area (Å²) >= 11 is 0. The van der Waals surface area contributed by atoms with Crippen molar-refractivity contribution in [3.05, 3.63) is 45.9 Å². The third kappa shape index (κ3) is 3.01.